The molecule has 2 aromatic rings. The van der Waals surface area contributed by atoms with E-state index in [0.29, 0.717) is 5.56 Å². The Balaban J connectivity index is 2.02. The SMILES string of the molecule is CC(=O)c1c[nH]c(C(=O)NCC(O)c2c(F)cccc2F)c1. The van der Waals surface area contributed by atoms with Gasteiger partial charge in [-0.15, -0.1) is 0 Å². The lowest BCUT2D eigenvalue weighted by Gasteiger charge is -2.13. The van der Waals surface area contributed by atoms with Crippen LogP contribution in [-0.4, -0.2) is 28.3 Å². The number of hydrogen-bond acceptors (Lipinski definition) is 3. The van der Waals surface area contributed by atoms with Crippen molar-refractivity contribution in [2.75, 3.05) is 6.54 Å². The number of aromatic nitrogens is 1. The molecule has 0 saturated heterocycles. The highest BCUT2D eigenvalue weighted by Crippen LogP contribution is 2.20. The number of ketones is 1. The molecule has 0 spiro atoms. The van der Waals surface area contributed by atoms with Crippen LogP contribution in [0.15, 0.2) is 30.5 Å². The molecule has 2 rings (SSSR count). The van der Waals surface area contributed by atoms with E-state index < -0.39 is 29.2 Å². The van der Waals surface area contributed by atoms with E-state index in [9.17, 15) is 23.5 Å². The van der Waals surface area contributed by atoms with E-state index in [2.05, 4.69) is 10.3 Å². The predicted octanol–water partition coefficient (Wildman–Crippen LogP) is 1.96. The van der Waals surface area contributed by atoms with Crippen LogP contribution in [0.1, 0.15) is 39.4 Å². The van der Waals surface area contributed by atoms with Crippen molar-refractivity contribution >= 4 is 11.7 Å². The maximum atomic E-state index is 13.5. The first-order chi connectivity index (χ1) is 10.4. The summed E-state index contributed by atoms with van der Waals surface area (Å²) < 4.78 is 27.0. The quantitative estimate of drug-likeness (QED) is 0.738. The fraction of sp³-hybridized carbons (Fsp3) is 0.200. The molecule has 0 bridgehead atoms. The average molecular weight is 308 g/mol. The lowest BCUT2D eigenvalue weighted by Crippen LogP contribution is -2.29. The molecule has 0 radical (unpaired) electrons. The minimum absolute atomic E-state index is 0.117. The molecule has 0 aliphatic carbocycles. The van der Waals surface area contributed by atoms with Gasteiger partial charge in [-0.25, -0.2) is 8.78 Å². The summed E-state index contributed by atoms with van der Waals surface area (Å²) in [5.74, 6) is -2.58. The zero-order chi connectivity index (χ0) is 16.3. The van der Waals surface area contributed by atoms with E-state index in [1.54, 1.807) is 0 Å². The normalized spacial score (nSPS) is 12.0. The zero-order valence-corrected chi connectivity index (χ0v) is 11.7. The Morgan fingerprint density at radius 1 is 1.32 bits per heavy atom. The molecule has 1 aromatic heterocycles. The van der Waals surface area contributed by atoms with Crippen LogP contribution < -0.4 is 5.32 Å². The fourth-order valence-corrected chi connectivity index (χ4v) is 1.94. The Hall–Kier alpha value is -2.54. The smallest absolute Gasteiger partial charge is 0.267 e. The molecular formula is C15H14F2N2O3. The van der Waals surface area contributed by atoms with Crippen molar-refractivity contribution < 1.29 is 23.5 Å². The number of aliphatic hydroxyl groups is 1. The largest absolute Gasteiger partial charge is 0.386 e. The van der Waals surface area contributed by atoms with Crippen LogP contribution >= 0.6 is 0 Å². The van der Waals surface area contributed by atoms with Crippen LogP contribution in [0.2, 0.25) is 0 Å². The molecule has 0 aliphatic heterocycles. The first-order valence-corrected chi connectivity index (χ1v) is 6.49. The molecule has 3 N–H and O–H groups in total. The van der Waals surface area contributed by atoms with E-state index in [0.717, 1.165) is 12.1 Å². The third-order valence-electron chi connectivity index (χ3n) is 3.12. The first kappa shape index (κ1) is 15.8. The molecule has 0 saturated carbocycles. The van der Waals surface area contributed by atoms with Crippen LogP contribution in [0.4, 0.5) is 8.78 Å². The molecule has 1 unspecified atom stereocenters. The molecule has 5 nitrogen and oxygen atoms in total. The summed E-state index contributed by atoms with van der Waals surface area (Å²) in [6, 6.07) is 4.58. The third kappa shape index (κ3) is 3.37. The van der Waals surface area contributed by atoms with E-state index in [1.165, 1.54) is 25.3 Å². The molecule has 1 amide bonds. The van der Waals surface area contributed by atoms with Crippen molar-refractivity contribution in [2.24, 2.45) is 0 Å². The molecular weight excluding hydrogens is 294 g/mol. The van der Waals surface area contributed by atoms with Crippen molar-refractivity contribution in [3.05, 3.63) is 58.9 Å². The van der Waals surface area contributed by atoms with Gasteiger partial charge in [0.2, 0.25) is 0 Å². The number of rotatable bonds is 5. The van der Waals surface area contributed by atoms with E-state index in [1.807, 2.05) is 0 Å². The van der Waals surface area contributed by atoms with Gasteiger partial charge in [-0.1, -0.05) is 6.07 Å². The van der Waals surface area contributed by atoms with Gasteiger partial charge in [0.25, 0.3) is 5.91 Å². The number of carbonyl (C=O) groups is 2. The fourth-order valence-electron chi connectivity index (χ4n) is 1.94. The van der Waals surface area contributed by atoms with E-state index >= 15 is 0 Å². The van der Waals surface area contributed by atoms with Gasteiger partial charge in [-0.05, 0) is 25.1 Å². The van der Waals surface area contributed by atoms with E-state index in [-0.39, 0.29) is 18.0 Å². The van der Waals surface area contributed by atoms with Gasteiger partial charge in [0.05, 0.1) is 5.56 Å². The molecule has 22 heavy (non-hydrogen) atoms. The Bertz CT molecular complexity index is 692. The minimum Gasteiger partial charge on any atom is -0.386 e. The molecule has 1 aromatic carbocycles. The number of aromatic amines is 1. The standard InChI is InChI=1S/C15H14F2N2O3/c1-8(20)9-5-12(18-6-9)15(22)19-7-13(21)14-10(16)3-2-4-11(14)17/h2-6,13,18,21H,7H2,1H3,(H,19,22). The van der Waals surface area contributed by atoms with Crippen LogP contribution in [-0.2, 0) is 0 Å². The molecule has 1 heterocycles. The van der Waals surface area contributed by atoms with Crippen LogP contribution in [0.5, 0.6) is 0 Å². The zero-order valence-electron chi connectivity index (χ0n) is 11.7. The van der Waals surface area contributed by atoms with Crippen LogP contribution in [0.25, 0.3) is 0 Å². The lowest BCUT2D eigenvalue weighted by molar-refractivity contribution is 0.0907. The summed E-state index contributed by atoms with van der Waals surface area (Å²) in [7, 11) is 0. The lowest BCUT2D eigenvalue weighted by atomic mass is 10.1. The van der Waals surface area contributed by atoms with Gasteiger partial charge < -0.3 is 15.4 Å². The van der Waals surface area contributed by atoms with E-state index in [4.69, 9.17) is 0 Å². The van der Waals surface area contributed by atoms with Crippen molar-refractivity contribution in [1.82, 2.24) is 10.3 Å². The number of Topliss-reactive ketones (excluding diaryl/α,β-unsaturated/α-hetero) is 1. The Labute approximate surface area is 125 Å². The van der Waals surface area contributed by atoms with Crippen LogP contribution in [0.3, 0.4) is 0 Å². The summed E-state index contributed by atoms with van der Waals surface area (Å²) in [6.45, 7) is 0.987. The number of halogens is 2. The summed E-state index contributed by atoms with van der Waals surface area (Å²) in [4.78, 5) is 25.6. The monoisotopic (exact) mass is 308 g/mol. The average Bonchev–Trinajstić information content (AvgIpc) is 2.94. The number of carbonyl (C=O) groups excluding carboxylic acids is 2. The molecule has 0 aliphatic rings. The van der Waals surface area contributed by atoms with Gasteiger partial charge >= 0.3 is 0 Å². The van der Waals surface area contributed by atoms with Gasteiger partial charge in [-0.2, -0.15) is 0 Å². The van der Waals surface area contributed by atoms with Gasteiger partial charge in [-0.3, -0.25) is 9.59 Å². The Morgan fingerprint density at radius 2 is 1.95 bits per heavy atom. The van der Waals surface area contributed by atoms with Crippen LogP contribution in [0, 0.1) is 11.6 Å². The minimum atomic E-state index is -1.52. The van der Waals surface area contributed by atoms with Gasteiger partial charge in [0, 0.05) is 18.3 Å². The second-order valence-electron chi connectivity index (χ2n) is 4.72. The summed E-state index contributed by atoms with van der Waals surface area (Å²) in [6.07, 6.45) is -0.142. The highest BCUT2D eigenvalue weighted by atomic mass is 19.1. The number of hydrogen-bond donors (Lipinski definition) is 3. The molecule has 1 atom stereocenters. The number of nitrogens with one attached hydrogen (secondary N) is 2. The predicted molar refractivity (Wildman–Crippen MR) is 74.4 cm³/mol. The van der Waals surface area contributed by atoms with Gasteiger partial charge in [0.15, 0.2) is 5.78 Å². The highest BCUT2D eigenvalue weighted by molar-refractivity contribution is 5.99. The highest BCUT2D eigenvalue weighted by Gasteiger charge is 2.19. The molecule has 7 heteroatoms. The Kier molecular flexibility index (Phi) is 4.67. The Morgan fingerprint density at radius 3 is 2.50 bits per heavy atom. The summed E-state index contributed by atoms with van der Waals surface area (Å²) >= 11 is 0. The molecule has 116 valence electrons. The number of H-pyrrole nitrogens is 1. The van der Waals surface area contributed by atoms with Crippen molar-refractivity contribution in [3.63, 3.8) is 0 Å². The first-order valence-electron chi connectivity index (χ1n) is 6.49. The maximum absolute atomic E-state index is 13.5. The summed E-state index contributed by atoms with van der Waals surface area (Å²) in [5.41, 5.74) is -0.0454. The topological polar surface area (TPSA) is 82.2 Å². The van der Waals surface area contributed by atoms with Crippen molar-refractivity contribution in [3.8, 4) is 0 Å². The second kappa shape index (κ2) is 6.48. The van der Waals surface area contributed by atoms with Gasteiger partial charge in [0.1, 0.15) is 23.4 Å². The third-order valence-corrected chi connectivity index (χ3v) is 3.12. The summed E-state index contributed by atoms with van der Waals surface area (Å²) in [5, 5.41) is 12.2. The van der Waals surface area contributed by atoms with Crippen molar-refractivity contribution in [1.29, 1.82) is 0 Å². The molecule has 0 fully saturated rings. The maximum Gasteiger partial charge on any atom is 0.267 e. The number of benzene rings is 1. The number of aliphatic hydroxyl groups excluding tert-OH is 1. The van der Waals surface area contributed by atoms with Crippen molar-refractivity contribution in [2.45, 2.75) is 13.0 Å². The second-order valence-corrected chi connectivity index (χ2v) is 4.72. The number of amides is 1.